The number of carbonyl (C=O) groups is 1. The number of rotatable bonds is 3. The second-order valence-electron chi connectivity index (χ2n) is 4.89. The molecule has 0 aliphatic carbocycles. The first-order chi connectivity index (χ1) is 10.2. The van der Waals surface area contributed by atoms with Crippen LogP contribution in [0.2, 0.25) is 0 Å². The Labute approximate surface area is 122 Å². The van der Waals surface area contributed by atoms with Crippen LogP contribution in [0, 0.1) is 0 Å². The highest BCUT2D eigenvalue weighted by atomic mass is 16.5. The molecule has 0 spiro atoms. The molecule has 3 rings (SSSR count). The Bertz CT molecular complexity index is 666. The van der Waals surface area contributed by atoms with Crippen molar-refractivity contribution in [3.05, 3.63) is 41.3 Å². The van der Waals surface area contributed by atoms with E-state index in [-0.39, 0.29) is 5.69 Å². The van der Waals surface area contributed by atoms with E-state index in [9.17, 15) is 4.79 Å². The number of benzene rings is 1. The zero-order valence-electron chi connectivity index (χ0n) is 11.8. The third-order valence-corrected chi connectivity index (χ3v) is 3.55. The summed E-state index contributed by atoms with van der Waals surface area (Å²) in [4.78, 5) is 17.8. The maximum absolute atomic E-state index is 11.6. The van der Waals surface area contributed by atoms with Crippen molar-refractivity contribution in [1.82, 2.24) is 4.98 Å². The van der Waals surface area contributed by atoms with Gasteiger partial charge < -0.3 is 19.8 Å². The number of hydrogen-bond acceptors (Lipinski definition) is 6. The summed E-state index contributed by atoms with van der Waals surface area (Å²) in [5, 5.41) is 0. The molecule has 6 nitrogen and oxygen atoms in total. The van der Waals surface area contributed by atoms with Crippen LogP contribution in [-0.4, -0.2) is 24.1 Å². The average molecular weight is 287 g/mol. The number of carbonyl (C=O) groups excluding carboxylic acids is 1. The lowest BCUT2D eigenvalue weighted by Gasteiger charge is -2.28. The number of nitrogens with zero attached hydrogens (tertiary/aromatic N) is 2. The number of ether oxygens (including phenoxy) is 1. The fourth-order valence-electron chi connectivity index (χ4n) is 2.51. The number of hydrogen-bond donors (Lipinski definition) is 1. The van der Waals surface area contributed by atoms with Crippen LogP contribution in [0.25, 0.3) is 0 Å². The van der Waals surface area contributed by atoms with Gasteiger partial charge in [0.1, 0.15) is 6.26 Å². The number of esters is 1. The van der Waals surface area contributed by atoms with Gasteiger partial charge in [0.2, 0.25) is 0 Å². The molecule has 0 radical (unpaired) electrons. The van der Waals surface area contributed by atoms with Crippen molar-refractivity contribution in [3.63, 3.8) is 0 Å². The van der Waals surface area contributed by atoms with Crippen LogP contribution in [0.15, 0.2) is 28.9 Å². The predicted octanol–water partition coefficient (Wildman–Crippen LogP) is 2.00. The summed E-state index contributed by atoms with van der Waals surface area (Å²) in [6.45, 7) is 3.50. The van der Waals surface area contributed by atoms with Gasteiger partial charge in [-0.3, -0.25) is 0 Å². The number of anilines is 2. The predicted molar refractivity (Wildman–Crippen MR) is 78.1 cm³/mol. The normalized spacial score (nSPS) is 13.9. The van der Waals surface area contributed by atoms with Gasteiger partial charge in [-0.25, -0.2) is 4.79 Å². The lowest BCUT2D eigenvalue weighted by molar-refractivity contribution is 0.0519. The molecular formula is C15H17N3O3. The average Bonchev–Trinajstić information content (AvgIpc) is 2.97. The summed E-state index contributed by atoms with van der Waals surface area (Å²) >= 11 is 0. The minimum absolute atomic E-state index is 0.199. The fourth-order valence-corrected chi connectivity index (χ4v) is 2.51. The highest BCUT2D eigenvalue weighted by molar-refractivity contribution is 5.87. The molecule has 0 saturated carbocycles. The number of aromatic nitrogens is 1. The molecule has 110 valence electrons. The fraction of sp³-hybridized carbons (Fsp3) is 0.333. The van der Waals surface area contributed by atoms with Gasteiger partial charge >= 0.3 is 5.97 Å². The molecule has 0 amide bonds. The molecule has 1 aromatic carbocycles. The van der Waals surface area contributed by atoms with Crippen LogP contribution < -0.4 is 10.6 Å². The standard InChI is InChI=1S/C15H17N3O3/c1-2-20-14(19)13-9-21-15(17-13)18-7-6-11-10(8-18)4-3-5-12(11)16/h3-5,9H,2,6-8,16H2,1H3. The molecule has 0 fully saturated rings. The Morgan fingerprint density at radius 2 is 2.38 bits per heavy atom. The van der Waals surface area contributed by atoms with E-state index < -0.39 is 5.97 Å². The Morgan fingerprint density at radius 3 is 3.19 bits per heavy atom. The quantitative estimate of drug-likeness (QED) is 0.687. The maximum Gasteiger partial charge on any atom is 0.360 e. The van der Waals surface area contributed by atoms with Gasteiger partial charge in [-0.15, -0.1) is 0 Å². The van der Waals surface area contributed by atoms with Crippen LogP contribution in [0.3, 0.4) is 0 Å². The zero-order valence-corrected chi connectivity index (χ0v) is 11.8. The third kappa shape index (κ3) is 2.56. The largest absolute Gasteiger partial charge is 0.461 e. The molecule has 2 heterocycles. The lowest BCUT2D eigenvalue weighted by Crippen LogP contribution is -2.31. The molecule has 6 heteroatoms. The Morgan fingerprint density at radius 1 is 1.52 bits per heavy atom. The van der Waals surface area contributed by atoms with E-state index in [1.54, 1.807) is 6.92 Å². The Hall–Kier alpha value is -2.50. The van der Waals surface area contributed by atoms with E-state index in [2.05, 4.69) is 4.98 Å². The minimum Gasteiger partial charge on any atom is -0.461 e. The van der Waals surface area contributed by atoms with E-state index in [1.807, 2.05) is 23.1 Å². The summed E-state index contributed by atoms with van der Waals surface area (Å²) in [6.07, 6.45) is 2.17. The van der Waals surface area contributed by atoms with Gasteiger partial charge in [0.05, 0.1) is 6.61 Å². The van der Waals surface area contributed by atoms with Crippen molar-refractivity contribution in [2.45, 2.75) is 19.9 Å². The first-order valence-corrected chi connectivity index (χ1v) is 6.93. The van der Waals surface area contributed by atoms with Crippen molar-refractivity contribution in [1.29, 1.82) is 0 Å². The van der Waals surface area contributed by atoms with Gasteiger partial charge in [-0.05, 0) is 30.5 Å². The molecule has 0 atom stereocenters. The number of nitrogen functional groups attached to an aromatic ring is 1. The summed E-state index contributed by atoms with van der Waals surface area (Å²) in [7, 11) is 0. The molecule has 0 saturated heterocycles. The highest BCUT2D eigenvalue weighted by Gasteiger charge is 2.23. The van der Waals surface area contributed by atoms with Gasteiger partial charge in [0.15, 0.2) is 5.69 Å². The smallest absolute Gasteiger partial charge is 0.360 e. The zero-order chi connectivity index (χ0) is 14.8. The molecule has 0 unspecified atom stereocenters. The third-order valence-electron chi connectivity index (χ3n) is 3.55. The number of fused-ring (bicyclic) bond motifs is 1. The Kier molecular flexibility index (Phi) is 3.51. The van der Waals surface area contributed by atoms with E-state index >= 15 is 0 Å². The van der Waals surface area contributed by atoms with Crippen LogP contribution >= 0.6 is 0 Å². The molecule has 1 aliphatic rings. The second kappa shape index (κ2) is 5.47. The first-order valence-electron chi connectivity index (χ1n) is 6.93. The topological polar surface area (TPSA) is 81.6 Å². The van der Waals surface area contributed by atoms with Gasteiger partial charge in [0, 0.05) is 18.8 Å². The van der Waals surface area contributed by atoms with Crippen molar-refractivity contribution in [2.24, 2.45) is 0 Å². The van der Waals surface area contributed by atoms with Crippen molar-refractivity contribution in [3.8, 4) is 0 Å². The van der Waals surface area contributed by atoms with Gasteiger partial charge in [-0.1, -0.05) is 12.1 Å². The molecule has 1 aromatic heterocycles. The number of nitrogens with two attached hydrogens (primary N) is 1. The van der Waals surface area contributed by atoms with Crippen LogP contribution in [0.1, 0.15) is 28.5 Å². The molecule has 2 N–H and O–H groups in total. The maximum atomic E-state index is 11.6. The van der Waals surface area contributed by atoms with E-state index in [4.69, 9.17) is 14.9 Å². The summed E-state index contributed by atoms with van der Waals surface area (Å²) in [5.74, 6) is -0.464. The van der Waals surface area contributed by atoms with Crippen LogP contribution in [0.5, 0.6) is 0 Å². The first kappa shape index (κ1) is 13.5. The molecule has 21 heavy (non-hydrogen) atoms. The van der Waals surface area contributed by atoms with E-state index in [0.29, 0.717) is 19.2 Å². The molecule has 2 aromatic rings. The monoisotopic (exact) mass is 287 g/mol. The number of oxazole rings is 1. The van der Waals surface area contributed by atoms with Crippen LogP contribution in [-0.2, 0) is 17.7 Å². The summed E-state index contributed by atoms with van der Waals surface area (Å²) in [5.41, 5.74) is 9.36. The lowest BCUT2D eigenvalue weighted by atomic mass is 9.98. The SMILES string of the molecule is CCOC(=O)c1coc(N2CCc3c(N)cccc3C2)n1. The summed E-state index contributed by atoms with van der Waals surface area (Å²) < 4.78 is 10.3. The Balaban J connectivity index is 1.79. The minimum atomic E-state index is -0.464. The van der Waals surface area contributed by atoms with Crippen molar-refractivity contribution in [2.75, 3.05) is 23.8 Å². The molecule has 0 bridgehead atoms. The van der Waals surface area contributed by atoms with E-state index in [1.165, 1.54) is 11.8 Å². The highest BCUT2D eigenvalue weighted by Crippen LogP contribution is 2.27. The molecule has 1 aliphatic heterocycles. The van der Waals surface area contributed by atoms with Gasteiger partial charge in [-0.2, -0.15) is 4.98 Å². The van der Waals surface area contributed by atoms with Gasteiger partial charge in [0.25, 0.3) is 6.01 Å². The van der Waals surface area contributed by atoms with Crippen molar-refractivity contribution < 1.29 is 13.9 Å². The second-order valence-corrected chi connectivity index (χ2v) is 4.89. The van der Waals surface area contributed by atoms with Crippen molar-refractivity contribution >= 4 is 17.7 Å². The van der Waals surface area contributed by atoms with Crippen LogP contribution in [0.4, 0.5) is 11.7 Å². The van der Waals surface area contributed by atoms with E-state index in [0.717, 1.165) is 24.2 Å². The summed E-state index contributed by atoms with van der Waals surface area (Å²) in [6, 6.07) is 6.34. The molecular weight excluding hydrogens is 270 g/mol.